The maximum Gasteiger partial charge on any atom is 0.348 e. The molecule has 0 atom stereocenters. The van der Waals surface area contributed by atoms with Crippen molar-refractivity contribution < 1.29 is 22.7 Å². The smallest absolute Gasteiger partial charge is 0.348 e. The minimum Gasteiger partial charge on any atom is -0.462 e. The van der Waals surface area contributed by atoms with Crippen LogP contribution in [0.15, 0.2) is 6.07 Å². The number of ether oxygens (including phenoxy) is 1. The van der Waals surface area contributed by atoms with Gasteiger partial charge in [-0.25, -0.2) is 4.79 Å². The Kier molecular flexibility index (Phi) is 8.68. The van der Waals surface area contributed by atoms with Crippen molar-refractivity contribution in [1.29, 1.82) is 0 Å². The Labute approximate surface area is 194 Å². The lowest BCUT2D eigenvalue weighted by Gasteiger charge is -2.38. The Hall–Kier alpha value is -1.53. The molecular formula is C21H34N4O5S2. The minimum absolute atomic E-state index is 0.0892. The second-order valence-electron chi connectivity index (χ2n) is 8.38. The van der Waals surface area contributed by atoms with E-state index in [0.29, 0.717) is 42.7 Å². The maximum atomic E-state index is 13.0. The highest BCUT2D eigenvalue weighted by Crippen LogP contribution is 2.28. The summed E-state index contributed by atoms with van der Waals surface area (Å²) < 4.78 is 34.1. The number of rotatable bonds is 8. The van der Waals surface area contributed by atoms with Gasteiger partial charge in [0.2, 0.25) is 5.91 Å². The van der Waals surface area contributed by atoms with Gasteiger partial charge in [0.1, 0.15) is 4.88 Å². The molecule has 180 valence electrons. The van der Waals surface area contributed by atoms with Crippen molar-refractivity contribution >= 4 is 38.4 Å². The first-order chi connectivity index (χ1) is 15.2. The SMILES string of the molecule is CCOC(=O)c1sc(NC(=O)CN2CCN(S(=O)(=O)N(C)C3CCCCC3)CC2)cc1C. The summed E-state index contributed by atoms with van der Waals surface area (Å²) in [5.74, 6) is -0.566. The van der Waals surface area contributed by atoms with Gasteiger partial charge in [0, 0.05) is 39.3 Å². The average Bonchev–Trinajstić information content (AvgIpc) is 3.14. The van der Waals surface area contributed by atoms with E-state index in [4.69, 9.17) is 4.74 Å². The quantitative estimate of drug-likeness (QED) is 0.566. The summed E-state index contributed by atoms with van der Waals surface area (Å²) in [5.41, 5.74) is 0.768. The van der Waals surface area contributed by atoms with E-state index >= 15 is 0 Å². The molecule has 0 aromatic carbocycles. The zero-order valence-electron chi connectivity index (χ0n) is 19.1. The van der Waals surface area contributed by atoms with Gasteiger partial charge in [0.15, 0.2) is 0 Å². The molecule has 0 radical (unpaired) electrons. The Morgan fingerprint density at radius 3 is 2.47 bits per heavy atom. The van der Waals surface area contributed by atoms with Crippen LogP contribution in [0, 0.1) is 6.92 Å². The molecule has 11 heteroatoms. The first-order valence-corrected chi connectivity index (χ1v) is 13.5. The molecule has 0 unspecified atom stereocenters. The van der Waals surface area contributed by atoms with Gasteiger partial charge in [0.25, 0.3) is 10.2 Å². The normalized spacial score (nSPS) is 19.2. The Morgan fingerprint density at radius 1 is 1.19 bits per heavy atom. The largest absolute Gasteiger partial charge is 0.462 e. The van der Waals surface area contributed by atoms with Crippen LogP contribution in [0.4, 0.5) is 5.00 Å². The van der Waals surface area contributed by atoms with Crippen LogP contribution in [0.2, 0.25) is 0 Å². The number of anilines is 1. The fourth-order valence-corrected chi connectivity index (χ4v) is 6.82. The molecule has 0 bridgehead atoms. The van der Waals surface area contributed by atoms with Crippen LogP contribution in [0.25, 0.3) is 0 Å². The summed E-state index contributed by atoms with van der Waals surface area (Å²) in [4.78, 5) is 26.9. The summed E-state index contributed by atoms with van der Waals surface area (Å²) in [6.07, 6.45) is 5.20. The lowest BCUT2D eigenvalue weighted by atomic mass is 9.96. The first kappa shape index (κ1) is 25.1. The number of carbonyl (C=O) groups excluding carboxylic acids is 2. The van der Waals surface area contributed by atoms with Crippen molar-refractivity contribution in [3.05, 3.63) is 16.5 Å². The summed E-state index contributed by atoms with van der Waals surface area (Å²) in [5, 5.41) is 3.44. The molecule has 1 saturated carbocycles. The van der Waals surface area contributed by atoms with Crippen molar-refractivity contribution in [3.8, 4) is 0 Å². The van der Waals surface area contributed by atoms with Gasteiger partial charge in [-0.2, -0.15) is 17.0 Å². The van der Waals surface area contributed by atoms with E-state index in [1.807, 2.05) is 11.8 Å². The van der Waals surface area contributed by atoms with E-state index in [0.717, 1.165) is 31.2 Å². The molecule has 2 aliphatic rings. The number of hydrogen-bond donors (Lipinski definition) is 1. The number of piperazine rings is 1. The highest BCUT2D eigenvalue weighted by Gasteiger charge is 2.34. The van der Waals surface area contributed by atoms with Gasteiger partial charge in [-0.05, 0) is 38.3 Å². The summed E-state index contributed by atoms with van der Waals surface area (Å²) in [7, 11) is -1.79. The van der Waals surface area contributed by atoms with Gasteiger partial charge in [-0.15, -0.1) is 11.3 Å². The zero-order valence-corrected chi connectivity index (χ0v) is 20.8. The molecule has 1 saturated heterocycles. The molecule has 2 heterocycles. The number of aryl methyl sites for hydroxylation is 1. The van der Waals surface area contributed by atoms with Gasteiger partial charge < -0.3 is 10.1 Å². The fourth-order valence-electron chi connectivity index (χ4n) is 4.26. The Bertz CT molecular complexity index is 903. The average molecular weight is 487 g/mol. The predicted octanol–water partition coefficient (Wildman–Crippen LogP) is 2.30. The number of esters is 1. The monoisotopic (exact) mass is 486 g/mol. The van der Waals surface area contributed by atoms with E-state index in [9.17, 15) is 18.0 Å². The Morgan fingerprint density at radius 2 is 1.84 bits per heavy atom. The van der Waals surface area contributed by atoms with Crippen molar-refractivity contribution in [2.45, 2.75) is 52.0 Å². The lowest BCUT2D eigenvalue weighted by molar-refractivity contribution is -0.117. The van der Waals surface area contributed by atoms with E-state index < -0.39 is 10.2 Å². The predicted molar refractivity (Wildman–Crippen MR) is 125 cm³/mol. The van der Waals surface area contributed by atoms with Crippen LogP contribution in [-0.2, 0) is 19.7 Å². The van der Waals surface area contributed by atoms with Gasteiger partial charge >= 0.3 is 5.97 Å². The second kappa shape index (κ2) is 11.1. The highest BCUT2D eigenvalue weighted by molar-refractivity contribution is 7.86. The molecule has 1 N–H and O–H groups in total. The molecule has 1 aliphatic carbocycles. The third-order valence-electron chi connectivity index (χ3n) is 6.12. The van der Waals surface area contributed by atoms with Crippen LogP contribution >= 0.6 is 11.3 Å². The first-order valence-electron chi connectivity index (χ1n) is 11.2. The zero-order chi connectivity index (χ0) is 23.3. The van der Waals surface area contributed by atoms with Crippen molar-refractivity contribution in [2.24, 2.45) is 0 Å². The molecular weight excluding hydrogens is 452 g/mol. The second-order valence-corrected chi connectivity index (χ2v) is 11.4. The summed E-state index contributed by atoms with van der Waals surface area (Å²) >= 11 is 1.20. The van der Waals surface area contributed by atoms with E-state index in [1.165, 1.54) is 22.1 Å². The number of thiophene rings is 1. The van der Waals surface area contributed by atoms with Crippen LogP contribution < -0.4 is 5.32 Å². The van der Waals surface area contributed by atoms with Crippen molar-refractivity contribution in [3.63, 3.8) is 0 Å². The number of amides is 1. The van der Waals surface area contributed by atoms with Gasteiger partial charge in [-0.3, -0.25) is 9.69 Å². The molecule has 32 heavy (non-hydrogen) atoms. The Balaban J connectivity index is 1.49. The van der Waals surface area contributed by atoms with Crippen LogP contribution in [0.5, 0.6) is 0 Å². The number of nitrogens with zero attached hydrogens (tertiary/aromatic N) is 3. The standard InChI is InChI=1S/C21H34N4O5S2/c1-4-30-21(27)20-16(2)14-19(31-20)22-18(26)15-24-10-12-25(13-11-24)32(28,29)23(3)17-8-6-5-7-9-17/h14,17H,4-13,15H2,1-3H3,(H,22,26). The number of carbonyl (C=O) groups is 2. The molecule has 1 aliphatic heterocycles. The summed E-state index contributed by atoms with van der Waals surface area (Å²) in [6, 6.07) is 1.85. The van der Waals surface area contributed by atoms with E-state index in [2.05, 4.69) is 5.32 Å². The lowest BCUT2D eigenvalue weighted by Crippen LogP contribution is -2.55. The van der Waals surface area contributed by atoms with Crippen LogP contribution in [-0.4, -0.2) is 86.2 Å². The molecule has 2 fully saturated rings. The van der Waals surface area contributed by atoms with E-state index in [-0.39, 0.29) is 24.5 Å². The molecule has 9 nitrogen and oxygen atoms in total. The third-order valence-corrected chi connectivity index (χ3v) is 9.30. The number of nitrogens with one attached hydrogen (secondary N) is 1. The third kappa shape index (κ3) is 6.07. The van der Waals surface area contributed by atoms with Crippen LogP contribution in [0.1, 0.15) is 54.3 Å². The van der Waals surface area contributed by atoms with Crippen molar-refractivity contribution in [1.82, 2.24) is 13.5 Å². The topological polar surface area (TPSA) is 99.3 Å². The van der Waals surface area contributed by atoms with E-state index in [1.54, 1.807) is 24.3 Å². The molecule has 1 aromatic rings. The fraction of sp³-hybridized carbons (Fsp3) is 0.714. The van der Waals surface area contributed by atoms with Crippen molar-refractivity contribution in [2.75, 3.05) is 51.7 Å². The van der Waals surface area contributed by atoms with Crippen LogP contribution in [0.3, 0.4) is 0 Å². The molecule has 0 spiro atoms. The molecule has 3 rings (SSSR count). The summed E-state index contributed by atoms with van der Waals surface area (Å²) in [6.45, 7) is 5.79. The molecule has 1 aromatic heterocycles. The van der Waals surface area contributed by atoms with Gasteiger partial charge in [0.05, 0.1) is 18.2 Å². The maximum absolute atomic E-state index is 13.0. The molecule has 1 amide bonds. The minimum atomic E-state index is -3.48. The number of hydrogen-bond acceptors (Lipinski definition) is 7. The van der Waals surface area contributed by atoms with Gasteiger partial charge in [-0.1, -0.05) is 19.3 Å². The highest BCUT2D eigenvalue weighted by atomic mass is 32.2.